The monoisotopic (exact) mass is 330 g/mol. The van der Waals surface area contributed by atoms with Gasteiger partial charge in [0.05, 0.1) is 0 Å². The summed E-state index contributed by atoms with van der Waals surface area (Å²) in [7, 11) is 0. The first-order chi connectivity index (χ1) is 11.4. The molecule has 2 aliphatic rings. The number of hydrogen-bond donors (Lipinski definition) is 2. The molecule has 2 saturated heterocycles. The fraction of sp³-hybridized carbons (Fsp3) is 0.556. The lowest BCUT2D eigenvalue weighted by atomic mass is 9.79. The molecule has 2 heterocycles. The van der Waals surface area contributed by atoms with Crippen LogP contribution in [0.5, 0.6) is 0 Å². The normalized spacial score (nSPS) is 23.8. The summed E-state index contributed by atoms with van der Waals surface area (Å²) < 4.78 is 0. The highest BCUT2D eigenvalue weighted by atomic mass is 16.2. The molecule has 3 N–H and O–H groups in total. The summed E-state index contributed by atoms with van der Waals surface area (Å²) in [5.41, 5.74) is 7.47. The third-order valence-corrected chi connectivity index (χ3v) is 5.08. The van der Waals surface area contributed by atoms with Crippen LogP contribution < -0.4 is 16.0 Å². The molecule has 0 spiro atoms. The van der Waals surface area contributed by atoms with Crippen LogP contribution in [-0.4, -0.2) is 49.1 Å². The SMILES string of the molecule is CC1(C)CN(C(=O)c2cccc(N3CCCNC3=O)c2)CCC1N. The standard InChI is InChI=1S/C18H26N4O2/c1-18(2)12-21(10-7-15(18)19)16(23)13-5-3-6-14(11-13)22-9-4-8-20-17(22)24/h3,5-6,11,15H,4,7-10,12,19H2,1-2H3,(H,20,24). The van der Waals surface area contributed by atoms with Crippen molar-refractivity contribution in [1.29, 1.82) is 0 Å². The van der Waals surface area contributed by atoms with E-state index in [0.717, 1.165) is 18.5 Å². The van der Waals surface area contributed by atoms with Crippen LogP contribution in [0.3, 0.4) is 0 Å². The average molecular weight is 330 g/mol. The number of benzene rings is 1. The van der Waals surface area contributed by atoms with E-state index in [-0.39, 0.29) is 23.4 Å². The van der Waals surface area contributed by atoms with Crippen molar-refractivity contribution < 1.29 is 9.59 Å². The van der Waals surface area contributed by atoms with Crippen LogP contribution >= 0.6 is 0 Å². The lowest BCUT2D eigenvalue weighted by molar-refractivity contribution is 0.0533. The van der Waals surface area contributed by atoms with Crippen molar-refractivity contribution in [3.8, 4) is 0 Å². The molecule has 1 aromatic carbocycles. The quantitative estimate of drug-likeness (QED) is 0.868. The van der Waals surface area contributed by atoms with Gasteiger partial charge in [-0.05, 0) is 36.5 Å². The third kappa shape index (κ3) is 3.24. The first-order valence-electron chi connectivity index (χ1n) is 8.59. The van der Waals surface area contributed by atoms with Gasteiger partial charge in [-0.15, -0.1) is 0 Å². The number of nitrogens with one attached hydrogen (secondary N) is 1. The van der Waals surface area contributed by atoms with Crippen LogP contribution in [0.1, 0.15) is 37.0 Å². The number of nitrogens with zero attached hydrogens (tertiary/aromatic N) is 2. The van der Waals surface area contributed by atoms with E-state index >= 15 is 0 Å². The van der Waals surface area contributed by atoms with E-state index < -0.39 is 0 Å². The van der Waals surface area contributed by atoms with Gasteiger partial charge in [-0.3, -0.25) is 9.69 Å². The van der Waals surface area contributed by atoms with Crippen molar-refractivity contribution in [2.75, 3.05) is 31.1 Å². The Morgan fingerprint density at radius 1 is 1.33 bits per heavy atom. The van der Waals surface area contributed by atoms with Gasteiger partial charge in [-0.25, -0.2) is 4.79 Å². The highest BCUT2D eigenvalue weighted by molar-refractivity contribution is 5.98. The number of piperidine rings is 1. The van der Waals surface area contributed by atoms with Gasteiger partial charge in [-0.2, -0.15) is 0 Å². The van der Waals surface area contributed by atoms with Gasteiger partial charge in [0.15, 0.2) is 0 Å². The molecule has 0 aliphatic carbocycles. The Morgan fingerprint density at radius 2 is 2.12 bits per heavy atom. The van der Waals surface area contributed by atoms with E-state index in [9.17, 15) is 9.59 Å². The minimum Gasteiger partial charge on any atom is -0.338 e. The van der Waals surface area contributed by atoms with Gasteiger partial charge in [0.2, 0.25) is 0 Å². The van der Waals surface area contributed by atoms with Gasteiger partial charge >= 0.3 is 6.03 Å². The summed E-state index contributed by atoms with van der Waals surface area (Å²) in [6, 6.07) is 7.35. The first-order valence-corrected chi connectivity index (χ1v) is 8.59. The Balaban J connectivity index is 1.78. The van der Waals surface area contributed by atoms with Crippen molar-refractivity contribution in [3.63, 3.8) is 0 Å². The van der Waals surface area contributed by atoms with Crippen molar-refractivity contribution in [2.45, 2.75) is 32.7 Å². The molecule has 6 heteroatoms. The maximum Gasteiger partial charge on any atom is 0.321 e. The number of hydrogen-bond acceptors (Lipinski definition) is 3. The van der Waals surface area contributed by atoms with E-state index in [1.165, 1.54) is 0 Å². The number of amides is 3. The van der Waals surface area contributed by atoms with Crippen LogP contribution in [0.2, 0.25) is 0 Å². The molecule has 0 saturated carbocycles. The Kier molecular flexibility index (Phi) is 4.49. The van der Waals surface area contributed by atoms with Crippen LogP contribution in [0.4, 0.5) is 10.5 Å². The zero-order valence-corrected chi connectivity index (χ0v) is 14.4. The lowest BCUT2D eigenvalue weighted by Gasteiger charge is -2.42. The summed E-state index contributed by atoms with van der Waals surface area (Å²) in [5, 5.41) is 2.84. The summed E-state index contributed by atoms with van der Waals surface area (Å²) in [6.07, 6.45) is 1.72. The Labute approximate surface area is 143 Å². The molecule has 0 bridgehead atoms. The number of anilines is 1. The molecule has 3 rings (SSSR count). The van der Waals surface area contributed by atoms with E-state index in [1.54, 1.807) is 4.90 Å². The van der Waals surface area contributed by atoms with Gasteiger partial charge in [-0.1, -0.05) is 19.9 Å². The molecule has 0 radical (unpaired) electrons. The summed E-state index contributed by atoms with van der Waals surface area (Å²) in [4.78, 5) is 28.4. The number of nitrogens with two attached hydrogens (primary N) is 1. The highest BCUT2D eigenvalue weighted by Gasteiger charge is 2.35. The number of carbonyl (C=O) groups is 2. The summed E-state index contributed by atoms with van der Waals surface area (Å²) in [5.74, 6) is 0.00856. The van der Waals surface area contributed by atoms with E-state index in [2.05, 4.69) is 19.2 Å². The molecule has 6 nitrogen and oxygen atoms in total. The van der Waals surface area contributed by atoms with Crippen LogP contribution in [0, 0.1) is 5.41 Å². The Hall–Kier alpha value is -2.08. The number of rotatable bonds is 2. The van der Waals surface area contributed by atoms with Crippen LogP contribution in [-0.2, 0) is 0 Å². The minimum absolute atomic E-state index is 0.00856. The first kappa shape index (κ1) is 16.8. The molecule has 2 fully saturated rings. The molecule has 1 unspecified atom stereocenters. The highest BCUT2D eigenvalue weighted by Crippen LogP contribution is 2.29. The van der Waals surface area contributed by atoms with Crippen LogP contribution in [0.25, 0.3) is 0 Å². The van der Waals surface area contributed by atoms with Crippen molar-refractivity contribution >= 4 is 17.6 Å². The van der Waals surface area contributed by atoms with Gasteiger partial charge in [0.1, 0.15) is 0 Å². The number of carbonyl (C=O) groups excluding carboxylic acids is 2. The fourth-order valence-corrected chi connectivity index (χ4v) is 3.41. The van der Waals surface area contributed by atoms with Crippen molar-refractivity contribution in [2.24, 2.45) is 11.1 Å². The number of urea groups is 1. The van der Waals surface area contributed by atoms with E-state index in [4.69, 9.17) is 5.73 Å². The second-order valence-electron chi connectivity index (χ2n) is 7.40. The molecule has 24 heavy (non-hydrogen) atoms. The number of likely N-dealkylation sites (tertiary alicyclic amines) is 1. The predicted octanol–water partition coefficient (Wildman–Crippen LogP) is 1.81. The molecule has 1 aromatic rings. The van der Waals surface area contributed by atoms with Gasteiger partial charge in [0.25, 0.3) is 5.91 Å². The fourth-order valence-electron chi connectivity index (χ4n) is 3.41. The molecule has 3 amide bonds. The van der Waals surface area contributed by atoms with Crippen molar-refractivity contribution in [1.82, 2.24) is 10.2 Å². The molecule has 1 atom stereocenters. The Bertz CT molecular complexity index is 644. The summed E-state index contributed by atoms with van der Waals surface area (Å²) >= 11 is 0. The Morgan fingerprint density at radius 3 is 2.83 bits per heavy atom. The second-order valence-corrected chi connectivity index (χ2v) is 7.40. The van der Waals surface area contributed by atoms with Gasteiger partial charge < -0.3 is 16.0 Å². The third-order valence-electron chi connectivity index (χ3n) is 5.08. The molecule has 0 aromatic heterocycles. The zero-order valence-electron chi connectivity index (χ0n) is 14.4. The molecule has 2 aliphatic heterocycles. The average Bonchev–Trinajstić information content (AvgIpc) is 2.57. The molecule has 130 valence electrons. The predicted molar refractivity (Wildman–Crippen MR) is 94.1 cm³/mol. The minimum atomic E-state index is -0.101. The van der Waals surface area contributed by atoms with Crippen molar-refractivity contribution in [3.05, 3.63) is 29.8 Å². The lowest BCUT2D eigenvalue weighted by Crippen LogP contribution is -2.54. The van der Waals surface area contributed by atoms with E-state index in [0.29, 0.717) is 31.7 Å². The maximum atomic E-state index is 12.9. The molecular formula is C18H26N4O2. The zero-order chi connectivity index (χ0) is 17.3. The van der Waals surface area contributed by atoms with Gasteiger partial charge in [0, 0.05) is 43.5 Å². The maximum absolute atomic E-state index is 12.9. The molecular weight excluding hydrogens is 304 g/mol. The smallest absolute Gasteiger partial charge is 0.321 e. The van der Waals surface area contributed by atoms with Crippen LogP contribution in [0.15, 0.2) is 24.3 Å². The largest absolute Gasteiger partial charge is 0.338 e. The topological polar surface area (TPSA) is 78.7 Å². The summed E-state index contributed by atoms with van der Waals surface area (Å²) in [6.45, 7) is 6.92. The van der Waals surface area contributed by atoms with E-state index in [1.807, 2.05) is 29.2 Å². The second kappa shape index (κ2) is 6.43.